The van der Waals surface area contributed by atoms with Gasteiger partial charge in [-0.25, -0.2) is 9.18 Å². The summed E-state index contributed by atoms with van der Waals surface area (Å²) in [6.07, 6.45) is 0.800. The molecule has 1 N–H and O–H groups in total. The maximum Gasteiger partial charge on any atom is 0.492 e. The zero-order chi connectivity index (χ0) is 23.6. The normalized spacial score (nSPS) is 18.3. The van der Waals surface area contributed by atoms with Gasteiger partial charge in [0.25, 0.3) is 0 Å². The second kappa shape index (κ2) is 9.12. The van der Waals surface area contributed by atoms with Crippen molar-refractivity contribution in [2.75, 3.05) is 6.54 Å². The number of carbonyl (C=O) groups excluding carboxylic acids is 1. The van der Waals surface area contributed by atoms with Gasteiger partial charge in [-0.2, -0.15) is 8.78 Å². The van der Waals surface area contributed by atoms with Crippen LogP contribution in [0, 0.1) is 5.82 Å². The monoisotopic (exact) mass is 443 g/mol. The van der Waals surface area contributed by atoms with Crippen molar-refractivity contribution in [1.82, 2.24) is 5.32 Å². The van der Waals surface area contributed by atoms with Gasteiger partial charge in [0.2, 0.25) is 0 Å². The minimum atomic E-state index is -3.13. The van der Waals surface area contributed by atoms with Crippen LogP contribution in [-0.4, -0.2) is 43.2 Å². The summed E-state index contributed by atoms with van der Waals surface area (Å²) < 4.78 is 60.9. The summed E-state index contributed by atoms with van der Waals surface area (Å²) in [5, 5.41) is 2.61. The first kappa shape index (κ1) is 25.1. The smallest absolute Gasteiger partial charge is 0.444 e. The van der Waals surface area contributed by atoms with E-state index in [2.05, 4.69) is 10.1 Å². The number of ether oxygens (including phenoxy) is 2. The summed E-state index contributed by atoms with van der Waals surface area (Å²) in [5.74, 6) is -1.07. The third kappa shape index (κ3) is 6.90. The van der Waals surface area contributed by atoms with Gasteiger partial charge < -0.3 is 24.1 Å². The van der Waals surface area contributed by atoms with Crippen LogP contribution in [0.1, 0.15) is 54.0 Å². The Hall–Kier alpha value is -2.20. The van der Waals surface area contributed by atoms with Crippen molar-refractivity contribution in [2.45, 2.75) is 71.9 Å². The van der Waals surface area contributed by atoms with Crippen molar-refractivity contribution in [2.24, 2.45) is 0 Å². The van der Waals surface area contributed by atoms with E-state index in [0.717, 1.165) is 12.1 Å². The first-order valence-corrected chi connectivity index (χ1v) is 9.87. The van der Waals surface area contributed by atoms with Crippen LogP contribution in [0.15, 0.2) is 23.7 Å². The molecular weight excluding hydrogens is 414 g/mol. The highest BCUT2D eigenvalue weighted by atomic mass is 19.3. The maximum absolute atomic E-state index is 13.6. The average molecular weight is 443 g/mol. The Balaban J connectivity index is 2.38. The topological polar surface area (TPSA) is 66.0 Å². The number of hydrogen-bond donors (Lipinski definition) is 1. The molecule has 0 bridgehead atoms. The van der Waals surface area contributed by atoms with Gasteiger partial charge >= 0.3 is 19.8 Å². The summed E-state index contributed by atoms with van der Waals surface area (Å²) in [6.45, 7) is 9.42. The Morgan fingerprint density at radius 1 is 1.19 bits per heavy atom. The van der Waals surface area contributed by atoms with Crippen LogP contribution in [0.3, 0.4) is 0 Å². The molecule has 172 valence electrons. The molecule has 2 rings (SSSR count). The highest BCUT2D eigenvalue weighted by molar-refractivity contribution is 6.56. The molecule has 10 heteroatoms. The van der Waals surface area contributed by atoms with E-state index in [9.17, 15) is 18.0 Å². The second-order valence-corrected chi connectivity index (χ2v) is 9.22. The zero-order valence-corrected chi connectivity index (χ0v) is 18.8. The molecule has 0 unspecified atom stereocenters. The molecule has 6 nitrogen and oxygen atoms in total. The van der Waals surface area contributed by atoms with Gasteiger partial charge in [-0.1, -0.05) is 6.08 Å². The number of benzene rings is 1. The number of amides is 1. The van der Waals surface area contributed by atoms with Gasteiger partial charge in [-0.05, 0) is 66.1 Å². The van der Waals surface area contributed by atoms with E-state index >= 15 is 0 Å². The molecule has 1 aromatic carbocycles. The van der Waals surface area contributed by atoms with Gasteiger partial charge in [-0.3, -0.25) is 0 Å². The molecule has 0 atom stereocenters. The maximum atomic E-state index is 13.6. The lowest BCUT2D eigenvalue weighted by atomic mass is 9.77. The minimum Gasteiger partial charge on any atom is -0.444 e. The Morgan fingerprint density at radius 2 is 1.77 bits per heavy atom. The number of rotatable bonds is 6. The van der Waals surface area contributed by atoms with Crippen molar-refractivity contribution < 1.29 is 36.7 Å². The van der Waals surface area contributed by atoms with Crippen molar-refractivity contribution in [3.63, 3.8) is 0 Å². The fourth-order valence-corrected chi connectivity index (χ4v) is 2.71. The van der Waals surface area contributed by atoms with Gasteiger partial charge in [0.1, 0.15) is 17.2 Å². The number of nitrogens with one attached hydrogen (secondary N) is 1. The van der Waals surface area contributed by atoms with Gasteiger partial charge in [0.15, 0.2) is 0 Å². The molecular formula is C21H29BF3NO5. The molecule has 1 aromatic rings. The predicted molar refractivity (Wildman–Crippen MR) is 111 cm³/mol. The van der Waals surface area contributed by atoms with E-state index in [1.807, 2.05) is 27.7 Å². The summed E-state index contributed by atoms with van der Waals surface area (Å²) in [5.41, 5.74) is -1.46. The quantitative estimate of drug-likeness (QED) is 0.630. The summed E-state index contributed by atoms with van der Waals surface area (Å²) in [6, 6.07) is 3.28. The highest BCUT2D eigenvalue weighted by Crippen LogP contribution is 2.39. The fourth-order valence-electron chi connectivity index (χ4n) is 2.71. The molecule has 1 aliphatic heterocycles. The molecule has 1 heterocycles. The van der Waals surface area contributed by atoms with Gasteiger partial charge in [0.05, 0.1) is 11.2 Å². The number of alkyl carbamates (subject to hydrolysis) is 1. The second-order valence-electron chi connectivity index (χ2n) is 9.22. The zero-order valence-electron chi connectivity index (χ0n) is 18.8. The van der Waals surface area contributed by atoms with Crippen LogP contribution in [-0.2, 0) is 14.0 Å². The molecule has 0 aliphatic carbocycles. The molecule has 1 fully saturated rings. The Bertz CT molecular complexity index is 821. The lowest BCUT2D eigenvalue weighted by molar-refractivity contribution is -0.0501. The fraction of sp³-hybridized carbons (Fsp3) is 0.571. The third-order valence-corrected chi connectivity index (χ3v) is 4.92. The van der Waals surface area contributed by atoms with Crippen LogP contribution in [0.5, 0.6) is 5.75 Å². The highest BCUT2D eigenvalue weighted by Gasteiger charge is 2.52. The number of carbonyl (C=O) groups is 1. The Kier molecular flexibility index (Phi) is 7.37. The molecule has 0 aromatic heterocycles. The molecule has 0 spiro atoms. The van der Waals surface area contributed by atoms with Crippen molar-refractivity contribution >= 4 is 19.3 Å². The SMILES string of the molecule is CC(C)(C)OC(=O)NCC(=Cc1ccc(F)cc1OC(F)F)B1OC(C)(C)C(C)(C)O1. The van der Waals surface area contributed by atoms with E-state index in [4.69, 9.17) is 14.0 Å². The lowest BCUT2D eigenvalue weighted by Gasteiger charge is -2.32. The summed E-state index contributed by atoms with van der Waals surface area (Å²) in [4.78, 5) is 12.1. The number of alkyl halides is 2. The van der Waals surface area contributed by atoms with Crippen LogP contribution < -0.4 is 10.1 Å². The first-order valence-electron chi connectivity index (χ1n) is 9.87. The van der Waals surface area contributed by atoms with Crippen LogP contribution >= 0.6 is 0 Å². The van der Waals surface area contributed by atoms with E-state index in [1.165, 1.54) is 12.1 Å². The standard InChI is InChI=1S/C21H29BF3NO5/c1-19(2,3)29-18(27)26-12-14(22-30-20(4,5)21(6,7)31-22)10-13-8-9-15(23)11-16(13)28-17(24)25/h8-11,17H,12H2,1-7H3,(H,26,27). The number of hydrogen-bond acceptors (Lipinski definition) is 5. The van der Waals surface area contributed by atoms with E-state index in [1.54, 1.807) is 20.8 Å². The molecule has 1 saturated heterocycles. The van der Waals surface area contributed by atoms with Gasteiger partial charge in [0, 0.05) is 18.2 Å². The minimum absolute atomic E-state index is 0.0583. The van der Waals surface area contributed by atoms with Crippen molar-refractivity contribution in [3.05, 3.63) is 35.1 Å². The van der Waals surface area contributed by atoms with E-state index in [-0.39, 0.29) is 17.9 Å². The van der Waals surface area contributed by atoms with Crippen LogP contribution in [0.2, 0.25) is 0 Å². The molecule has 0 radical (unpaired) electrons. The largest absolute Gasteiger partial charge is 0.492 e. The summed E-state index contributed by atoms with van der Waals surface area (Å²) in [7, 11) is -0.885. The lowest BCUT2D eigenvalue weighted by Crippen LogP contribution is -2.41. The van der Waals surface area contributed by atoms with Crippen molar-refractivity contribution in [3.8, 4) is 5.75 Å². The van der Waals surface area contributed by atoms with Crippen LogP contribution in [0.25, 0.3) is 6.08 Å². The Labute approximate surface area is 181 Å². The van der Waals surface area contributed by atoms with E-state index < -0.39 is 42.4 Å². The third-order valence-electron chi connectivity index (χ3n) is 4.92. The number of halogens is 3. The van der Waals surface area contributed by atoms with E-state index in [0.29, 0.717) is 5.47 Å². The molecule has 1 aliphatic rings. The average Bonchev–Trinajstić information content (AvgIpc) is 2.78. The van der Waals surface area contributed by atoms with Gasteiger partial charge in [-0.15, -0.1) is 0 Å². The predicted octanol–water partition coefficient (Wildman–Crippen LogP) is 4.97. The molecule has 31 heavy (non-hydrogen) atoms. The Morgan fingerprint density at radius 3 is 2.29 bits per heavy atom. The first-order chi connectivity index (χ1) is 14.1. The molecule has 1 amide bonds. The van der Waals surface area contributed by atoms with Crippen molar-refractivity contribution in [1.29, 1.82) is 0 Å². The summed E-state index contributed by atoms with van der Waals surface area (Å²) >= 11 is 0. The molecule has 0 saturated carbocycles. The van der Waals surface area contributed by atoms with Crippen LogP contribution in [0.4, 0.5) is 18.0 Å².